The number of hydrogen-bond acceptors (Lipinski definition) is 6. The third-order valence-electron chi connectivity index (χ3n) is 4.64. The first-order chi connectivity index (χ1) is 13.2. The van der Waals surface area contributed by atoms with E-state index in [2.05, 4.69) is 9.46 Å². The van der Waals surface area contributed by atoms with E-state index in [1.807, 2.05) is 0 Å². The summed E-state index contributed by atoms with van der Waals surface area (Å²) in [5, 5.41) is 0. The van der Waals surface area contributed by atoms with Crippen molar-refractivity contribution in [2.45, 2.75) is 38.1 Å². The molecule has 2 aromatic rings. The van der Waals surface area contributed by atoms with Crippen LogP contribution in [0.1, 0.15) is 40.3 Å². The number of nitrogens with zero attached hydrogens (tertiary/aromatic N) is 1. The smallest absolute Gasteiger partial charge is 0.341 e. The highest BCUT2D eigenvalue weighted by atomic mass is 32.2. The quantitative estimate of drug-likeness (QED) is 0.738. The average Bonchev–Trinajstić information content (AvgIpc) is 3.24. The normalized spacial score (nSPS) is 14.5. The Bertz CT molecular complexity index is 1030. The monoisotopic (exact) mass is 406 g/mol. The number of rotatable bonds is 6. The standard InChI is InChI=1S/C19H22N2O6S/c1-12-9-14(21-8-4-5-18(21)22)6-7-17(12)28(24,25)20-11-15-10-16(13(2)27-15)19(23)26-3/h6-7,9-10,20H,4-5,8,11H2,1-3H3. The molecule has 0 spiro atoms. The highest BCUT2D eigenvalue weighted by molar-refractivity contribution is 7.89. The van der Waals surface area contributed by atoms with E-state index in [-0.39, 0.29) is 22.9 Å². The van der Waals surface area contributed by atoms with E-state index in [0.717, 1.165) is 6.42 Å². The van der Waals surface area contributed by atoms with Crippen molar-refractivity contribution in [3.8, 4) is 0 Å². The van der Waals surface area contributed by atoms with Crippen molar-refractivity contribution in [1.82, 2.24) is 4.72 Å². The summed E-state index contributed by atoms with van der Waals surface area (Å²) in [4.78, 5) is 25.3. The lowest BCUT2D eigenvalue weighted by molar-refractivity contribution is -0.117. The molecule has 0 bridgehead atoms. The molecule has 9 heteroatoms. The van der Waals surface area contributed by atoms with Crippen LogP contribution in [0.25, 0.3) is 0 Å². The van der Waals surface area contributed by atoms with Gasteiger partial charge in [0.2, 0.25) is 15.9 Å². The number of anilines is 1. The van der Waals surface area contributed by atoms with Gasteiger partial charge in [0.1, 0.15) is 17.1 Å². The second kappa shape index (κ2) is 7.76. The zero-order valence-corrected chi connectivity index (χ0v) is 16.8. The number of benzene rings is 1. The fourth-order valence-electron chi connectivity index (χ4n) is 3.21. The Hall–Kier alpha value is -2.65. The van der Waals surface area contributed by atoms with Gasteiger partial charge in [-0.25, -0.2) is 17.9 Å². The van der Waals surface area contributed by atoms with Crippen molar-refractivity contribution in [2.75, 3.05) is 18.6 Å². The van der Waals surface area contributed by atoms with Crippen molar-refractivity contribution >= 4 is 27.6 Å². The van der Waals surface area contributed by atoms with Crippen LogP contribution in [-0.4, -0.2) is 33.9 Å². The summed E-state index contributed by atoms with van der Waals surface area (Å²) >= 11 is 0. The van der Waals surface area contributed by atoms with E-state index in [4.69, 9.17) is 4.42 Å². The SMILES string of the molecule is COC(=O)c1cc(CNS(=O)(=O)c2ccc(N3CCCC3=O)cc2C)oc1C. The Balaban J connectivity index is 1.76. The molecule has 0 atom stereocenters. The maximum atomic E-state index is 12.7. The lowest BCUT2D eigenvalue weighted by atomic mass is 10.2. The number of aryl methyl sites for hydroxylation is 2. The molecule has 150 valence electrons. The van der Waals surface area contributed by atoms with Crippen LogP contribution in [0.5, 0.6) is 0 Å². The maximum absolute atomic E-state index is 12.7. The first kappa shape index (κ1) is 20.1. The molecule has 2 heterocycles. The minimum absolute atomic E-state index is 0.0442. The summed E-state index contributed by atoms with van der Waals surface area (Å²) in [6, 6.07) is 6.28. The van der Waals surface area contributed by atoms with E-state index in [9.17, 15) is 18.0 Å². The fraction of sp³-hybridized carbons (Fsp3) is 0.368. The number of nitrogens with one attached hydrogen (secondary N) is 1. The Morgan fingerprint density at radius 1 is 1.29 bits per heavy atom. The molecule has 0 unspecified atom stereocenters. The van der Waals surface area contributed by atoms with Crippen molar-refractivity contribution in [3.63, 3.8) is 0 Å². The van der Waals surface area contributed by atoms with E-state index >= 15 is 0 Å². The molecule has 1 fully saturated rings. The van der Waals surface area contributed by atoms with Gasteiger partial charge in [0.05, 0.1) is 18.6 Å². The second-order valence-corrected chi connectivity index (χ2v) is 8.33. The summed E-state index contributed by atoms with van der Waals surface area (Å²) in [6.07, 6.45) is 1.31. The molecule has 8 nitrogen and oxygen atoms in total. The summed E-state index contributed by atoms with van der Waals surface area (Å²) in [5.74, 6) is 0.163. The Morgan fingerprint density at radius 2 is 2.04 bits per heavy atom. The van der Waals surface area contributed by atoms with Gasteiger partial charge >= 0.3 is 5.97 Å². The van der Waals surface area contributed by atoms with Crippen molar-refractivity contribution in [3.05, 3.63) is 46.9 Å². The van der Waals surface area contributed by atoms with Gasteiger partial charge in [0.25, 0.3) is 0 Å². The van der Waals surface area contributed by atoms with Gasteiger partial charge in [-0.3, -0.25) is 4.79 Å². The van der Waals surface area contributed by atoms with Crippen molar-refractivity contribution < 1.29 is 27.2 Å². The molecule has 1 aromatic carbocycles. The summed E-state index contributed by atoms with van der Waals surface area (Å²) in [7, 11) is -2.54. The Kier molecular flexibility index (Phi) is 5.57. The van der Waals surface area contributed by atoms with Crippen LogP contribution in [0.4, 0.5) is 5.69 Å². The number of sulfonamides is 1. The van der Waals surface area contributed by atoms with Gasteiger partial charge in [-0.05, 0) is 50.1 Å². The molecule has 28 heavy (non-hydrogen) atoms. The highest BCUT2D eigenvalue weighted by Crippen LogP contribution is 2.26. The molecule has 0 aliphatic carbocycles. The van der Waals surface area contributed by atoms with E-state index in [0.29, 0.717) is 35.7 Å². The third kappa shape index (κ3) is 3.95. The van der Waals surface area contributed by atoms with Crippen LogP contribution >= 0.6 is 0 Å². The number of hydrogen-bond donors (Lipinski definition) is 1. The minimum atomic E-state index is -3.80. The number of ether oxygens (including phenoxy) is 1. The van der Waals surface area contributed by atoms with Gasteiger partial charge in [0, 0.05) is 18.7 Å². The molecule has 1 saturated heterocycles. The van der Waals surface area contributed by atoms with Gasteiger partial charge in [0.15, 0.2) is 0 Å². The molecule has 1 aromatic heterocycles. The minimum Gasteiger partial charge on any atom is -0.465 e. The first-order valence-corrected chi connectivity index (χ1v) is 10.3. The second-order valence-electron chi connectivity index (χ2n) is 6.60. The molecule has 1 aliphatic rings. The van der Waals surface area contributed by atoms with Crippen LogP contribution in [0.3, 0.4) is 0 Å². The summed E-state index contributed by atoms with van der Waals surface area (Å²) in [5.41, 5.74) is 1.49. The van der Waals surface area contributed by atoms with Crippen LogP contribution < -0.4 is 9.62 Å². The number of methoxy groups -OCH3 is 1. The van der Waals surface area contributed by atoms with Gasteiger partial charge in [-0.2, -0.15) is 0 Å². The first-order valence-electron chi connectivity index (χ1n) is 8.81. The topological polar surface area (TPSA) is 106 Å². The lowest BCUT2D eigenvalue weighted by Gasteiger charge is -2.17. The van der Waals surface area contributed by atoms with Crippen molar-refractivity contribution in [2.24, 2.45) is 0 Å². The van der Waals surface area contributed by atoms with Gasteiger partial charge < -0.3 is 14.1 Å². The fourth-order valence-corrected chi connectivity index (χ4v) is 4.43. The van der Waals surface area contributed by atoms with E-state index in [1.54, 1.807) is 30.9 Å². The van der Waals surface area contributed by atoms with E-state index in [1.165, 1.54) is 19.2 Å². The number of carbonyl (C=O) groups excluding carboxylic acids is 2. The molecule has 1 aliphatic heterocycles. The molecule has 0 radical (unpaired) electrons. The molecular formula is C19H22N2O6S. The number of carbonyl (C=O) groups is 2. The summed E-state index contributed by atoms with van der Waals surface area (Å²) < 4.78 is 37.9. The third-order valence-corrected chi connectivity index (χ3v) is 6.21. The van der Waals surface area contributed by atoms with Crippen LogP contribution in [0, 0.1) is 13.8 Å². The van der Waals surface area contributed by atoms with E-state index < -0.39 is 16.0 Å². The predicted molar refractivity (Wildman–Crippen MR) is 102 cm³/mol. The molecule has 1 N–H and O–H groups in total. The Morgan fingerprint density at radius 3 is 2.64 bits per heavy atom. The predicted octanol–water partition coefficient (Wildman–Crippen LogP) is 2.29. The number of esters is 1. The summed E-state index contributed by atoms with van der Waals surface area (Å²) in [6.45, 7) is 3.83. The Labute approximate surface area is 163 Å². The molecule has 3 rings (SSSR count). The highest BCUT2D eigenvalue weighted by Gasteiger charge is 2.24. The lowest BCUT2D eigenvalue weighted by Crippen LogP contribution is -2.25. The van der Waals surface area contributed by atoms with Gasteiger partial charge in [-0.15, -0.1) is 0 Å². The largest absolute Gasteiger partial charge is 0.465 e. The average molecular weight is 406 g/mol. The maximum Gasteiger partial charge on any atom is 0.341 e. The molecular weight excluding hydrogens is 384 g/mol. The molecule has 0 saturated carbocycles. The molecule has 1 amide bonds. The van der Waals surface area contributed by atoms with Crippen LogP contribution in [0.2, 0.25) is 0 Å². The zero-order valence-electron chi connectivity index (χ0n) is 15.9. The number of amides is 1. The van der Waals surface area contributed by atoms with Crippen LogP contribution in [0.15, 0.2) is 33.6 Å². The van der Waals surface area contributed by atoms with Crippen LogP contribution in [-0.2, 0) is 26.1 Å². The van der Waals surface area contributed by atoms with Crippen molar-refractivity contribution in [1.29, 1.82) is 0 Å². The van der Waals surface area contributed by atoms with Gasteiger partial charge in [-0.1, -0.05) is 0 Å². The zero-order chi connectivity index (χ0) is 20.5. The number of furan rings is 1.